The van der Waals surface area contributed by atoms with Crippen molar-refractivity contribution in [2.75, 3.05) is 60.7 Å². The molecule has 0 aromatic carbocycles. The molecule has 0 bridgehead atoms. The van der Waals surface area contributed by atoms with E-state index in [-0.39, 0.29) is 10.8 Å². The third kappa shape index (κ3) is 21.9. The van der Waals surface area contributed by atoms with E-state index < -0.39 is 0 Å². The summed E-state index contributed by atoms with van der Waals surface area (Å²) < 4.78 is 25.6. The number of methoxy groups -OCH3 is 2. The van der Waals surface area contributed by atoms with E-state index in [2.05, 4.69) is 89.3 Å². The van der Waals surface area contributed by atoms with Gasteiger partial charge >= 0.3 is 0 Å². The molecule has 5 nitrogen and oxygen atoms in total. The normalized spacial score (nSPS) is 19.2. The fourth-order valence-corrected chi connectivity index (χ4v) is 3.88. The van der Waals surface area contributed by atoms with Crippen LogP contribution in [0.2, 0.25) is 0 Å². The van der Waals surface area contributed by atoms with Crippen LogP contribution in [0.3, 0.4) is 0 Å². The largest absolute Gasteiger partial charge is 0.381 e. The molecule has 0 N–H and O–H groups in total. The lowest BCUT2D eigenvalue weighted by molar-refractivity contribution is -0.167. The van der Waals surface area contributed by atoms with Crippen molar-refractivity contribution in [2.45, 2.75) is 89.0 Å². The van der Waals surface area contributed by atoms with Gasteiger partial charge in [0.25, 0.3) is 0 Å². The summed E-state index contributed by atoms with van der Waals surface area (Å²) >= 11 is 0. The maximum absolute atomic E-state index is 5.31. The predicted molar refractivity (Wildman–Crippen MR) is 159 cm³/mol. The van der Waals surface area contributed by atoms with Gasteiger partial charge in [-0.3, -0.25) is 0 Å². The van der Waals surface area contributed by atoms with Crippen LogP contribution in [0.25, 0.3) is 0 Å². The van der Waals surface area contributed by atoms with Crippen LogP contribution in [0.1, 0.15) is 89.0 Å². The van der Waals surface area contributed by atoms with Crippen molar-refractivity contribution in [3.63, 3.8) is 0 Å². The Kier molecular flexibility index (Phi) is 20.1. The zero-order valence-corrected chi connectivity index (χ0v) is 27.1. The lowest BCUT2D eigenvalue weighted by Crippen LogP contribution is -2.37. The summed E-state index contributed by atoms with van der Waals surface area (Å²) in [6, 6.07) is 0. The van der Waals surface area contributed by atoms with Crippen molar-refractivity contribution in [1.29, 1.82) is 0 Å². The molecule has 222 valence electrons. The van der Waals surface area contributed by atoms with Crippen LogP contribution in [-0.2, 0) is 23.7 Å². The van der Waals surface area contributed by atoms with Gasteiger partial charge in [-0.2, -0.15) is 0 Å². The molecular formula is C32H64O5. The topological polar surface area (TPSA) is 46.2 Å². The van der Waals surface area contributed by atoms with Crippen LogP contribution < -0.4 is 0 Å². The minimum absolute atomic E-state index is 0.190. The molecule has 0 radical (unpaired) electrons. The van der Waals surface area contributed by atoms with Gasteiger partial charge in [0.1, 0.15) is 6.79 Å². The minimum atomic E-state index is 0.190. The SMILES string of the molecule is C=C(COC)C(C)(C)C.C=C(COC)C(C)C.CC(C)(C)CC1(C)COCOC1.CC(C)C1CCOC1. The van der Waals surface area contributed by atoms with E-state index in [4.69, 9.17) is 23.7 Å². The highest BCUT2D eigenvalue weighted by atomic mass is 16.7. The zero-order chi connectivity index (χ0) is 29.3. The van der Waals surface area contributed by atoms with Gasteiger partial charge < -0.3 is 23.7 Å². The molecule has 2 aliphatic heterocycles. The molecule has 2 rings (SSSR count). The van der Waals surface area contributed by atoms with E-state index in [1.807, 2.05) is 0 Å². The van der Waals surface area contributed by atoms with Gasteiger partial charge in [-0.15, -0.1) is 0 Å². The van der Waals surface area contributed by atoms with E-state index in [0.29, 0.717) is 31.3 Å². The summed E-state index contributed by atoms with van der Waals surface area (Å²) in [6.45, 7) is 37.4. The van der Waals surface area contributed by atoms with Gasteiger partial charge in [-0.25, -0.2) is 0 Å². The third-order valence-electron chi connectivity index (χ3n) is 6.46. The van der Waals surface area contributed by atoms with Crippen molar-refractivity contribution < 1.29 is 23.7 Å². The van der Waals surface area contributed by atoms with Gasteiger partial charge in [0.05, 0.1) is 26.4 Å². The highest BCUT2D eigenvalue weighted by Gasteiger charge is 2.32. The molecule has 0 spiro atoms. The van der Waals surface area contributed by atoms with Gasteiger partial charge in [0, 0.05) is 32.8 Å². The molecule has 1 unspecified atom stereocenters. The molecule has 0 aromatic rings. The molecular weight excluding hydrogens is 464 g/mol. The van der Waals surface area contributed by atoms with E-state index in [9.17, 15) is 0 Å². The van der Waals surface area contributed by atoms with Gasteiger partial charge in [0.15, 0.2) is 0 Å². The highest BCUT2D eigenvalue weighted by Crippen LogP contribution is 2.35. The Morgan fingerprint density at radius 2 is 1.41 bits per heavy atom. The maximum atomic E-state index is 5.31. The van der Waals surface area contributed by atoms with E-state index in [1.54, 1.807) is 14.2 Å². The van der Waals surface area contributed by atoms with Gasteiger partial charge in [-0.05, 0) is 52.6 Å². The van der Waals surface area contributed by atoms with Crippen molar-refractivity contribution in [3.05, 3.63) is 24.3 Å². The van der Waals surface area contributed by atoms with Crippen LogP contribution in [-0.4, -0.2) is 60.7 Å². The molecule has 0 amide bonds. The molecule has 0 aliphatic carbocycles. The zero-order valence-electron chi connectivity index (χ0n) is 27.1. The summed E-state index contributed by atoms with van der Waals surface area (Å²) in [4.78, 5) is 0. The third-order valence-corrected chi connectivity index (χ3v) is 6.46. The molecule has 2 heterocycles. The smallest absolute Gasteiger partial charge is 0.146 e. The monoisotopic (exact) mass is 528 g/mol. The second-order valence-electron chi connectivity index (χ2n) is 13.8. The van der Waals surface area contributed by atoms with Crippen LogP contribution in [0.15, 0.2) is 24.3 Å². The standard InChI is InChI=1S/C10H20O2.C8H16O.2C7H14O/c1-9(2,3)5-10(4)6-11-8-12-7-10;1-7(6-9-5)8(2,3)4;1-6(2)7-3-4-8-5-7;1-6(2)7(3)5-8-4/h5-8H2,1-4H3;1,6H2,2-5H3;6-7H,3-5H2,1-2H3;6H,3,5H2,1-2,4H3. The Balaban J connectivity index is 0. The highest BCUT2D eigenvalue weighted by molar-refractivity contribution is 5.04. The van der Waals surface area contributed by atoms with Crippen molar-refractivity contribution in [2.24, 2.45) is 34.0 Å². The Morgan fingerprint density at radius 1 is 0.892 bits per heavy atom. The average molecular weight is 529 g/mol. The van der Waals surface area contributed by atoms with Crippen LogP contribution in [0.5, 0.6) is 0 Å². The molecule has 5 heteroatoms. The number of ether oxygens (including phenoxy) is 5. The fourth-order valence-electron chi connectivity index (χ4n) is 3.88. The summed E-state index contributed by atoms with van der Waals surface area (Å²) in [5.74, 6) is 2.21. The Hall–Kier alpha value is -0.720. The molecule has 0 saturated carbocycles. The van der Waals surface area contributed by atoms with Crippen LogP contribution >= 0.6 is 0 Å². The van der Waals surface area contributed by atoms with E-state index in [1.165, 1.54) is 6.42 Å². The van der Waals surface area contributed by atoms with Crippen LogP contribution in [0.4, 0.5) is 0 Å². The second-order valence-corrected chi connectivity index (χ2v) is 13.8. The molecule has 0 aromatic heterocycles. The van der Waals surface area contributed by atoms with E-state index >= 15 is 0 Å². The number of hydrogen-bond acceptors (Lipinski definition) is 5. The first kappa shape index (κ1) is 38.4. The predicted octanol–water partition coefficient (Wildman–Crippen LogP) is 8.19. The first-order valence-corrected chi connectivity index (χ1v) is 14.0. The Bertz CT molecular complexity index is 583. The minimum Gasteiger partial charge on any atom is -0.381 e. The summed E-state index contributed by atoms with van der Waals surface area (Å²) in [5, 5.41) is 0. The molecule has 1 atom stereocenters. The molecule has 2 fully saturated rings. The lowest BCUT2D eigenvalue weighted by atomic mass is 9.76. The maximum Gasteiger partial charge on any atom is 0.146 e. The lowest BCUT2D eigenvalue weighted by Gasteiger charge is -2.37. The fraction of sp³-hybridized carbons (Fsp3) is 0.875. The number of hydrogen-bond donors (Lipinski definition) is 0. The second kappa shape index (κ2) is 19.4. The van der Waals surface area contributed by atoms with Crippen molar-refractivity contribution >= 4 is 0 Å². The molecule has 37 heavy (non-hydrogen) atoms. The average Bonchev–Trinajstić information content (AvgIpc) is 3.29. The first-order chi connectivity index (χ1) is 16.9. The van der Waals surface area contributed by atoms with Crippen molar-refractivity contribution in [3.8, 4) is 0 Å². The van der Waals surface area contributed by atoms with Gasteiger partial charge in [0.2, 0.25) is 0 Å². The van der Waals surface area contributed by atoms with Crippen LogP contribution in [0, 0.1) is 34.0 Å². The van der Waals surface area contributed by atoms with E-state index in [0.717, 1.165) is 55.8 Å². The van der Waals surface area contributed by atoms with Crippen molar-refractivity contribution in [1.82, 2.24) is 0 Å². The number of rotatable bonds is 7. The summed E-state index contributed by atoms with van der Waals surface area (Å²) in [7, 11) is 3.38. The summed E-state index contributed by atoms with van der Waals surface area (Å²) in [6.07, 6.45) is 2.43. The summed E-state index contributed by atoms with van der Waals surface area (Å²) in [5.41, 5.74) is 3.07. The Morgan fingerprint density at radius 3 is 1.65 bits per heavy atom. The van der Waals surface area contributed by atoms with Gasteiger partial charge in [-0.1, -0.05) is 89.3 Å². The molecule has 2 aliphatic rings. The first-order valence-electron chi connectivity index (χ1n) is 14.0. The quantitative estimate of drug-likeness (QED) is 0.312. The molecule has 2 saturated heterocycles. The Labute approximate surface area is 231 Å².